The van der Waals surface area contributed by atoms with E-state index < -0.39 is 0 Å². The SMILES string of the molecule is C=C/C=C(/c1ccncc1)c1nc(-c2n[nH]c3ccc(-c4cncc(NC(=C)CC(C)C)c4)cc23)[nH]c1C. The highest BCUT2D eigenvalue weighted by molar-refractivity contribution is 5.95. The van der Waals surface area contributed by atoms with Crippen LogP contribution in [0.4, 0.5) is 5.69 Å². The second-order valence-electron chi connectivity index (χ2n) is 9.73. The van der Waals surface area contributed by atoms with E-state index in [2.05, 4.69) is 75.7 Å². The van der Waals surface area contributed by atoms with E-state index in [0.717, 1.165) is 68.1 Å². The van der Waals surface area contributed by atoms with Crippen molar-refractivity contribution < 1.29 is 0 Å². The normalized spacial score (nSPS) is 11.7. The number of pyridine rings is 2. The van der Waals surface area contributed by atoms with Gasteiger partial charge in [-0.3, -0.25) is 15.1 Å². The molecule has 0 radical (unpaired) electrons. The summed E-state index contributed by atoms with van der Waals surface area (Å²) in [5.41, 5.74) is 9.43. The lowest BCUT2D eigenvalue weighted by atomic mass is 10.0. The summed E-state index contributed by atoms with van der Waals surface area (Å²) in [5, 5.41) is 12.1. The standard InChI is InChI=1S/C31H31N7/c1-6-7-26(22-10-12-32-13-11-22)29-21(5)35-31(36-29)30-27-16-23(8-9-28(27)37-38-30)24-15-25(18-33-17-24)34-20(4)14-19(2)3/h6-13,15-19,34H,1,4,14H2,2-3,5H3,(H,35,36)(H,37,38)/b26-7-. The highest BCUT2D eigenvalue weighted by Crippen LogP contribution is 2.32. The topological polar surface area (TPSA) is 95.2 Å². The predicted octanol–water partition coefficient (Wildman–Crippen LogP) is 7.31. The fourth-order valence-electron chi connectivity index (χ4n) is 4.58. The minimum atomic E-state index is 0.534. The van der Waals surface area contributed by atoms with Gasteiger partial charge in [-0.2, -0.15) is 5.10 Å². The van der Waals surface area contributed by atoms with E-state index in [-0.39, 0.29) is 0 Å². The molecule has 38 heavy (non-hydrogen) atoms. The molecule has 0 bridgehead atoms. The number of hydrogen-bond donors (Lipinski definition) is 3. The average Bonchev–Trinajstić information content (AvgIpc) is 3.50. The molecule has 0 aliphatic rings. The van der Waals surface area contributed by atoms with Crippen molar-refractivity contribution in [2.45, 2.75) is 27.2 Å². The highest BCUT2D eigenvalue weighted by Gasteiger charge is 2.18. The Balaban J connectivity index is 1.51. The summed E-state index contributed by atoms with van der Waals surface area (Å²) in [6.07, 6.45) is 11.9. The summed E-state index contributed by atoms with van der Waals surface area (Å²) >= 11 is 0. The van der Waals surface area contributed by atoms with Crippen molar-refractivity contribution in [3.63, 3.8) is 0 Å². The Morgan fingerprint density at radius 1 is 1.05 bits per heavy atom. The fraction of sp³-hybridized carbons (Fsp3) is 0.161. The van der Waals surface area contributed by atoms with Gasteiger partial charge >= 0.3 is 0 Å². The van der Waals surface area contributed by atoms with E-state index in [0.29, 0.717) is 11.7 Å². The summed E-state index contributed by atoms with van der Waals surface area (Å²) in [4.78, 5) is 17.0. The first kappa shape index (κ1) is 24.9. The molecule has 1 aromatic carbocycles. The maximum atomic E-state index is 4.96. The van der Waals surface area contributed by atoms with E-state index >= 15 is 0 Å². The van der Waals surface area contributed by atoms with Crippen LogP contribution in [-0.2, 0) is 0 Å². The van der Waals surface area contributed by atoms with Gasteiger partial charge in [0.15, 0.2) is 5.82 Å². The van der Waals surface area contributed by atoms with Crippen LogP contribution in [0.3, 0.4) is 0 Å². The summed E-state index contributed by atoms with van der Waals surface area (Å²) in [6, 6.07) is 12.3. The molecule has 0 fully saturated rings. The van der Waals surface area contributed by atoms with Crippen molar-refractivity contribution in [3.05, 3.63) is 109 Å². The number of aryl methyl sites for hydroxylation is 1. The van der Waals surface area contributed by atoms with Gasteiger partial charge in [-0.25, -0.2) is 4.98 Å². The summed E-state index contributed by atoms with van der Waals surface area (Å²) in [7, 11) is 0. The quantitative estimate of drug-likeness (QED) is 0.184. The third-order valence-corrected chi connectivity index (χ3v) is 6.25. The Labute approximate surface area is 222 Å². The number of aromatic nitrogens is 6. The number of nitrogens with zero attached hydrogens (tertiary/aromatic N) is 4. The minimum absolute atomic E-state index is 0.534. The van der Waals surface area contributed by atoms with E-state index in [1.165, 1.54) is 0 Å². The molecule has 0 saturated carbocycles. The van der Waals surface area contributed by atoms with Crippen LogP contribution >= 0.6 is 0 Å². The molecule has 190 valence electrons. The van der Waals surface area contributed by atoms with Crippen molar-refractivity contribution in [1.29, 1.82) is 0 Å². The van der Waals surface area contributed by atoms with Crippen molar-refractivity contribution in [2.75, 3.05) is 5.32 Å². The van der Waals surface area contributed by atoms with Gasteiger partial charge in [-0.1, -0.05) is 45.2 Å². The number of benzene rings is 1. The molecule has 5 rings (SSSR count). The molecule has 7 heteroatoms. The maximum Gasteiger partial charge on any atom is 0.159 e. The Kier molecular flexibility index (Phi) is 7.00. The fourth-order valence-corrected chi connectivity index (χ4v) is 4.58. The Bertz CT molecular complexity index is 1640. The first-order valence-electron chi connectivity index (χ1n) is 12.6. The summed E-state index contributed by atoms with van der Waals surface area (Å²) in [5.74, 6) is 1.23. The van der Waals surface area contributed by atoms with Crippen molar-refractivity contribution in [1.82, 2.24) is 30.1 Å². The second-order valence-corrected chi connectivity index (χ2v) is 9.73. The zero-order chi connectivity index (χ0) is 26.6. The van der Waals surface area contributed by atoms with Crippen LogP contribution in [0.25, 0.3) is 39.1 Å². The van der Waals surface area contributed by atoms with Crippen molar-refractivity contribution in [3.8, 4) is 22.6 Å². The maximum absolute atomic E-state index is 4.96. The van der Waals surface area contributed by atoms with Crippen LogP contribution in [-0.4, -0.2) is 30.1 Å². The number of imidazole rings is 1. The number of nitrogens with one attached hydrogen (secondary N) is 3. The molecule has 0 aliphatic heterocycles. The van der Waals surface area contributed by atoms with Gasteiger partial charge in [-0.05, 0) is 60.7 Å². The number of rotatable bonds is 9. The van der Waals surface area contributed by atoms with Gasteiger partial charge in [0.2, 0.25) is 0 Å². The van der Waals surface area contributed by atoms with Crippen LogP contribution < -0.4 is 5.32 Å². The summed E-state index contributed by atoms with van der Waals surface area (Å²) in [6.45, 7) is 14.4. The summed E-state index contributed by atoms with van der Waals surface area (Å²) < 4.78 is 0. The molecular formula is C31H31N7. The molecule has 3 N–H and O–H groups in total. The van der Waals surface area contributed by atoms with Crippen LogP contribution in [0.1, 0.15) is 37.2 Å². The smallest absolute Gasteiger partial charge is 0.159 e. The third kappa shape index (κ3) is 5.18. The predicted molar refractivity (Wildman–Crippen MR) is 155 cm³/mol. The first-order valence-corrected chi connectivity index (χ1v) is 12.6. The van der Waals surface area contributed by atoms with Gasteiger partial charge < -0.3 is 10.3 Å². The van der Waals surface area contributed by atoms with E-state index in [1.807, 2.05) is 43.6 Å². The van der Waals surface area contributed by atoms with Crippen LogP contribution in [0.5, 0.6) is 0 Å². The molecule has 0 aliphatic carbocycles. The molecule has 0 amide bonds. The minimum Gasteiger partial charge on any atom is -0.358 e. The van der Waals surface area contributed by atoms with Gasteiger partial charge in [0.25, 0.3) is 0 Å². The number of H-pyrrole nitrogens is 2. The Morgan fingerprint density at radius 3 is 2.63 bits per heavy atom. The molecule has 0 atom stereocenters. The molecule has 0 spiro atoms. The molecule has 7 nitrogen and oxygen atoms in total. The van der Waals surface area contributed by atoms with Gasteiger partial charge in [0, 0.05) is 46.5 Å². The van der Waals surface area contributed by atoms with Gasteiger partial charge in [0.05, 0.1) is 23.1 Å². The number of aromatic amines is 2. The molecular weight excluding hydrogens is 470 g/mol. The van der Waals surface area contributed by atoms with Gasteiger partial charge in [0.1, 0.15) is 5.69 Å². The third-order valence-electron chi connectivity index (χ3n) is 6.25. The highest BCUT2D eigenvalue weighted by atomic mass is 15.1. The van der Waals surface area contributed by atoms with E-state index in [9.17, 15) is 0 Å². The Hall–Kier alpha value is -4.78. The van der Waals surface area contributed by atoms with Crippen LogP contribution in [0, 0.1) is 12.8 Å². The Morgan fingerprint density at radius 2 is 1.87 bits per heavy atom. The van der Waals surface area contributed by atoms with Crippen molar-refractivity contribution >= 4 is 22.2 Å². The van der Waals surface area contributed by atoms with E-state index in [4.69, 9.17) is 4.98 Å². The van der Waals surface area contributed by atoms with Gasteiger partial charge in [-0.15, -0.1) is 0 Å². The zero-order valence-corrected chi connectivity index (χ0v) is 21.9. The van der Waals surface area contributed by atoms with Crippen LogP contribution in [0.15, 0.2) is 92.2 Å². The molecule has 4 heterocycles. The lowest BCUT2D eigenvalue weighted by Crippen LogP contribution is -2.02. The zero-order valence-electron chi connectivity index (χ0n) is 21.9. The number of fused-ring (bicyclic) bond motifs is 1. The van der Waals surface area contributed by atoms with Crippen LogP contribution in [0.2, 0.25) is 0 Å². The average molecular weight is 502 g/mol. The monoisotopic (exact) mass is 501 g/mol. The lowest BCUT2D eigenvalue weighted by Gasteiger charge is -2.12. The van der Waals surface area contributed by atoms with E-state index in [1.54, 1.807) is 18.5 Å². The number of hydrogen-bond acceptors (Lipinski definition) is 5. The first-order chi connectivity index (χ1) is 18.4. The second kappa shape index (κ2) is 10.7. The lowest BCUT2D eigenvalue weighted by molar-refractivity contribution is 0.645. The van der Waals surface area contributed by atoms with Crippen molar-refractivity contribution in [2.24, 2.45) is 5.92 Å². The molecule has 4 aromatic heterocycles. The number of allylic oxidation sites excluding steroid dienone is 3. The number of anilines is 1. The largest absolute Gasteiger partial charge is 0.358 e. The molecule has 0 saturated heterocycles. The molecule has 5 aromatic rings. The molecule has 0 unspecified atom stereocenters.